The number of aliphatic hydroxyl groups is 1. The minimum Gasteiger partial charge on any atom is -0.493 e. The zero-order chi connectivity index (χ0) is 15.6. The highest BCUT2D eigenvalue weighted by Crippen LogP contribution is 2.40. The Labute approximate surface area is 125 Å². The van der Waals surface area contributed by atoms with E-state index in [-0.39, 0.29) is 5.91 Å². The van der Waals surface area contributed by atoms with Crippen molar-refractivity contribution in [3.8, 4) is 11.5 Å². The lowest BCUT2D eigenvalue weighted by Gasteiger charge is -2.35. The molecule has 0 fully saturated rings. The van der Waals surface area contributed by atoms with Gasteiger partial charge in [-0.05, 0) is 26.0 Å². The van der Waals surface area contributed by atoms with E-state index in [1.165, 1.54) is 4.90 Å². The number of carbonyl (C=O) groups is 1. The first-order valence-electron chi connectivity index (χ1n) is 7.12. The quantitative estimate of drug-likeness (QED) is 0.924. The summed E-state index contributed by atoms with van der Waals surface area (Å²) >= 11 is 0. The molecular weight excluding hydrogens is 270 g/mol. The van der Waals surface area contributed by atoms with Crippen LogP contribution in [0.3, 0.4) is 0 Å². The molecule has 116 valence electrons. The van der Waals surface area contributed by atoms with E-state index in [0.29, 0.717) is 30.9 Å². The van der Waals surface area contributed by atoms with Crippen LogP contribution in [0.25, 0.3) is 0 Å². The number of aliphatic hydroxyl groups excluding tert-OH is 1. The van der Waals surface area contributed by atoms with Crippen molar-refractivity contribution in [1.29, 1.82) is 0 Å². The maximum absolute atomic E-state index is 11.5. The van der Waals surface area contributed by atoms with Gasteiger partial charge in [-0.1, -0.05) is 0 Å². The first-order chi connectivity index (χ1) is 9.78. The van der Waals surface area contributed by atoms with Crippen LogP contribution in [-0.4, -0.2) is 42.2 Å². The van der Waals surface area contributed by atoms with E-state index in [1.54, 1.807) is 26.2 Å². The van der Waals surface area contributed by atoms with Gasteiger partial charge in [-0.3, -0.25) is 4.79 Å². The molecule has 1 atom stereocenters. The standard InChI is InChI=1S/C16H23NO4/c1-16(2)10-13(18)12-6-5-11(9-14(12)21-16)20-8-7-15(19)17(3)4/h5-6,9,13,18H,7-8,10H2,1-4H3. The molecule has 2 rings (SSSR count). The molecule has 1 aliphatic rings. The second-order valence-corrected chi connectivity index (χ2v) is 6.17. The fraction of sp³-hybridized carbons (Fsp3) is 0.562. The second kappa shape index (κ2) is 5.93. The number of rotatable bonds is 4. The van der Waals surface area contributed by atoms with Gasteiger partial charge in [-0.25, -0.2) is 0 Å². The maximum atomic E-state index is 11.5. The van der Waals surface area contributed by atoms with Gasteiger partial charge in [0, 0.05) is 32.1 Å². The summed E-state index contributed by atoms with van der Waals surface area (Å²) < 4.78 is 11.5. The van der Waals surface area contributed by atoms with Crippen molar-refractivity contribution >= 4 is 5.91 Å². The Balaban J connectivity index is 2.02. The fourth-order valence-electron chi connectivity index (χ4n) is 2.36. The van der Waals surface area contributed by atoms with E-state index in [2.05, 4.69) is 0 Å². The Bertz CT molecular complexity index is 525. The van der Waals surface area contributed by atoms with Crippen molar-refractivity contribution in [1.82, 2.24) is 4.90 Å². The average molecular weight is 293 g/mol. The summed E-state index contributed by atoms with van der Waals surface area (Å²) in [5.74, 6) is 1.32. The molecule has 1 aromatic rings. The molecule has 21 heavy (non-hydrogen) atoms. The van der Waals surface area contributed by atoms with Crippen LogP contribution in [0.1, 0.15) is 38.4 Å². The van der Waals surface area contributed by atoms with Crippen LogP contribution < -0.4 is 9.47 Å². The van der Waals surface area contributed by atoms with E-state index in [4.69, 9.17) is 9.47 Å². The van der Waals surface area contributed by atoms with Gasteiger partial charge in [0.15, 0.2) is 0 Å². The Morgan fingerprint density at radius 3 is 2.86 bits per heavy atom. The van der Waals surface area contributed by atoms with E-state index >= 15 is 0 Å². The highest BCUT2D eigenvalue weighted by atomic mass is 16.5. The highest BCUT2D eigenvalue weighted by Gasteiger charge is 2.32. The van der Waals surface area contributed by atoms with Gasteiger partial charge < -0.3 is 19.5 Å². The Kier molecular flexibility index (Phi) is 4.42. The smallest absolute Gasteiger partial charge is 0.225 e. The molecule has 1 aliphatic heterocycles. The van der Waals surface area contributed by atoms with Gasteiger partial charge in [-0.15, -0.1) is 0 Å². The van der Waals surface area contributed by atoms with Gasteiger partial charge in [0.2, 0.25) is 5.91 Å². The summed E-state index contributed by atoms with van der Waals surface area (Å²) in [5.41, 5.74) is 0.386. The number of amides is 1. The molecule has 0 saturated heterocycles. The molecule has 5 nitrogen and oxygen atoms in total. The molecule has 1 unspecified atom stereocenters. The summed E-state index contributed by atoms with van der Waals surface area (Å²) in [6.07, 6.45) is 0.379. The van der Waals surface area contributed by atoms with Gasteiger partial charge >= 0.3 is 0 Å². The molecule has 1 amide bonds. The molecule has 0 aromatic heterocycles. The fourth-order valence-corrected chi connectivity index (χ4v) is 2.36. The normalized spacial score (nSPS) is 19.4. The predicted molar refractivity (Wildman–Crippen MR) is 79.5 cm³/mol. The Hall–Kier alpha value is -1.75. The van der Waals surface area contributed by atoms with E-state index in [1.807, 2.05) is 19.9 Å². The van der Waals surface area contributed by atoms with Crippen LogP contribution in [0.2, 0.25) is 0 Å². The number of nitrogens with zero attached hydrogens (tertiary/aromatic N) is 1. The predicted octanol–water partition coefficient (Wildman–Crippen LogP) is 2.14. The third-order valence-corrected chi connectivity index (χ3v) is 3.50. The van der Waals surface area contributed by atoms with Crippen molar-refractivity contribution in [3.05, 3.63) is 23.8 Å². The van der Waals surface area contributed by atoms with Gasteiger partial charge in [0.05, 0.1) is 19.1 Å². The average Bonchev–Trinajstić information content (AvgIpc) is 2.36. The maximum Gasteiger partial charge on any atom is 0.225 e. The SMILES string of the molecule is CN(C)C(=O)CCOc1ccc2c(c1)OC(C)(C)CC2O. The number of hydrogen-bond acceptors (Lipinski definition) is 4. The third-order valence-electron chi connectivity index (χ3n) is 3.50. The van der Waals surface area contributed by atoms with Crippen LogP contribution in [0.4, 0.5) is 0 Å². The number of hydrogen-bond donors (Lipinski definition) is 1. The van der Waals surface area contributed by atoms with Crippen molar-refractivity contribution in [2.75, 3.05) is 20.7 Å². The number of ether oxygens (including phenoxy) is 2. The summed E-state index contributed by atoms with van der Waals surface area (Å²) in [7, 11) is 3.44. The van der Waals surface area contributed by atoms with Crippen molar-refractivity contribution in [2.24, 2.45) is 0 Å². The first kappa shape index (κ1) is 15.6. The minimum atomic E-state index is -0.520. The molecule has 0 spiro atoms. The zero-order valence-electron chi connectivity index (χ0n) is 13.0. The minimum absolute atomic E-state index is 0.0285. The van der Waals surface area contributed by atoms with Crippen LogP contribution in [0.15, 0.2) is 18.2 Å². The van der Waals surface area contributed by atoms with E-state index < -0.39 is 11.7 Å². The molecule has 0 aliphatic carbocycles. The van der Waals surface area contributed by atoms with Gasteiger partial charge in [-0.2, -0.15) is 0 Å². The summed E-state index contributed by atoms with van der Waals surface area (Å²) in [6, 6.07) is 5.39. The lowest BCUT2D eigenvalue weighted by molar-refractivity contribution is -0.129. The van der Waals surface area contributed by atoms with Crippen molar-refractivity contribution in [2.45, 2.75) is 38.4 Å². The third kappa shape index (κ3) is 3.88. The first-order valence-corrected chi connectivity index (χ1v) is 7.12. The summed E-state index contributed by atoms with van der Waals surface area (Å²) in [4.78, 5) is 13.0. The lowest BCUT2D eigenvalue weighted by Crippen LogP contribution is -2.34. The molecule has 1 aromatic carbocycles. The highest BCUT2D eigenvalue weighted by molar-refractivity contribution is 5.75. The molecular formula is C16H23NO4. The van der Waals surface area contributed by atoms with Crippen molar-refractivity contribution < 1.29 is 19.4 Å². The Morgan fingerprint density at radius 1 is 1.48 bits per heavy atom. The molecule has 0 saturated carbocycles. The second-order valence-electron chi connectivity index (χ2n) is 6.17. The monoisotopic (exact) mass is 293 g/mol. The van der Waals surface area contributed by atoms with Crippen LogP contribution >= 0.6 is 0 Å². The van der Waals surface area contributed by atoms with E-state index in [0.717, 1.165) is 5.56 Å². The molecule has 0 bridgehead atoms. The molecule has 1 heterocycles. The summed E-state index contributed by atoms with van der Waals surface area (Å²) in [5, 5.41) is 10.1. The number of fused-ring (bicyclic) bond motifs is 1. The summed E-state index contributed by atoms with van der Waals surface area (Å²) in [6.45, 7) is 4.21. The zero-order valence-corrected chi connectivity index (χ0v) is 13.0. The van der Waals surface area contributed by atoms with Gasteiger partial charge in [0.1, 0.15) is 17.1 Å². The number of benzene rings is 1. The van der Waals surface area contributed by atoms with Gasteiger partial charge in [0.25, 0.3) is 0 Å². The number of carbonyl (C=O) groups excluding carboxylic acids is 1. The largest absolute Gasteiger partial charge is 0.493 e. The molecule has 5 heteroatoms. The van der Waals surface area contributed by atoms with Crippen LogP contribution in [0.5, 0.6) is 11.5 Å². The molecule has 0 radical (unpaired) electrons. The lowest BCUT2D eigenvalue weighted by atomic mass is 9.92. The van der Waals surface area contributed by atoms with Crippen LogP contribution in [0, 0.1) is 0 Å². The Morgan fingerprint density at radius 2 is 2.19 bits per heavy atom. The van der Waals surface area contributed by atoms with Crippen LogP contribution in [-0.2, 0) is 4.79 Å². The molecule has 1 N–H and O–H groups in total. The topological polar surface area (TPSA) is 59.0 Å². The van der Waals surface area contributed by atoms with Crippen molar-refractivity contribution in [3.63, 3.8) is 0 Å². The van der Waals surface area contributed by atoms with E-state index in [9.17, 15) is 9.90 Å².